The van der Waals surface area contributed by atoms with E-state index >= 15 is 0 Å². The fourth-order valence-corrected chi connectivity index (χ4v) is 3.69. The van der Waals surface area contributed by atoms with Crippen molar-refractivity contribution in [1.29, 1.82) is 0 Å². The van der Waals surface area contributed by atoms with Gasteiger partial charge in [0.2, 0.25) is 11.1 Å². The van der Waals surface area contributed by atoms with Crippen LogP contribution in [0, 0.1) is 0 Å². The van der Waals surface area contributed by atoms with Crippen LogP contribution in [0.15, 0.2) is 77.3 Å². The first-order chi connectivity index (χ1) is 14.1. The van der Waals surface area contributed by atoms with E-state index in [-0.39, 0.29) is 11.8 Å². The number of para-hydroxylation sites is 1. The van der Waals surface area contributed by atoms with E-state index in [2.05, 4.69) is 20.6 Å². The van der Waals surface area contributed by atoms with Crippen LogP contribution in [0.3, 0.4) is 0 Å². The van der Waals surface area contributed by atoms with E-state index in [1.807, 2.05) is 42.5 Å². The summed E-state index contributed by atoms with van der Waals surface area (Å²) in [6.45, 7) is 1.46. The highest BCUT2D eigenvalue weighted by atomic mass is 32.2. The van der Waals surface area contributed by atoms with Crippen molar-refractivity contribution in [3.8, 4) is 0 Å². The van der Waals surface area contributed by atoms with Crippen LogP contribution >= 0.6 is 11.8 Å². The van der Waals surface area contributed by atoms with Gasteiger partial charge in [-0.3, -0.25) is 14.5 Å². The minimum atomic E-state index is -0.168. The Morgan fingerprint density at radius 2 is 1.76 bits per heavy atom. The number of nitrogens with zero attached hydrogens (tertiary/aromatic N) is 5. The molecule has 144 valence electrons. The molecule has 4 rings (SSSR count). The summed E-state index contributed by atoms with van der Waals surface area (Å²) in [5, 5.41) is 15.2. The van der Waals surface area contributed by atoms with E-state index < -0.39 is 0 Å². The molecule has 0 aliphatic carbocycles. The molecule has 1 aromatic heterocycles. The maximum Gasteiger partial charge on any atom is 0.271 e. The van der Waals surface area contributed by atoms with E-state index in [1.165, 1.54) is 36.0 Å². The van der Waals surface area contributed by atoms with Gasteiger partial charge in [-0.25, -0.2) is 4.68 Å². The number of benzene rings is 2. The normalized spacial score (nSPS) is 16.6. The molecule has 2 amide bonds. The number of hydrogen-bond acceptors (Lipinski definition) is 6. The smallest absolute Gasteiger partial charge is 0.271 e. The first-order valence-corrected chi connectivity index (χ1v) is 9.52. The molecule has 0 bridgehead atoms. The monoisotopic (exact) mass is 404 g/mol. The Bertz CT molecular complexity index is 1090. The summed E-state index contributed by atoms with van der Waals surface area (Å²) in [6.07, 6.45) is 4.72. The molecule has 0 unspecified atom stereocenters. The number of carbonyl (C=O) groups excluding carboxylic acids is 2. The Kier molecular flexibility index (Phi) is 5.21. The summed E-state index contributed by atoms with van der Waals surface area (Å²) in [5.41, 5.74) is 2.26. The molecule has 1 fully saturated rings. The minimum absolute atomic E-state index is 0.133. The maximum absolute atomic E-state index is 13.1. The van der Waals surface area contributed by atoms with Gasteiger partial charge in [-0.05, 0) is 47.7 Å². The standard InChI is InChI=1S/C20H16N6O2S/c1-14(27)23-16-9-7-15(8-10-16)11-18-19(28)26(17-5-3-2-4-6-17)20(29-18)24-25-12-21-22-13-25/h2-13H,1H3,(H,23,27)/b18-11-,24-20-. The Labute approximate surface area is 170 Å². The Balaban J connectivity index is 1.67. The van der Waals surface area contributed by atoms with Gasteiger partial charge in [0.15, 0.2) is 0 Å². The summed E-state index contributed by atoms with van der Waals surface area (Å²) in [4.78, 5) is 26.4. The fraction of sp³-hybridized carbons (Fsp3) is 0.0500. The van der Waals surface area contributed by atoms with Crippen LogP contribution in [-0.4, -0.2) is 31.9 Å². The zero-order chi connectivity index (χ0) is 20.2. The maximum atomic E-state index is 13.1. The van der Waals surface area contributed by atoms with Gasteiger partial charge in [0.1, 0.15) is 12.7 Å². The van der Waals surface area contributed by atoms with Crippen molar-refractivity contribution in [3.63, 3.8) is 0 Å². The number of amidine groups is 1. The third-order valence-electron chi connectivity index (χ3n) is 3.96. The average Bonchev–Trinajstić information content (AvgIpc) is 3.32. The molecule has 29 heavy (non-hydrogen) atoms. The van der Waals surface area contributed by atoms with Crippen LogP contribution in [0.5, 0.6) is 0 Å². The van der Waals surface area contributed by atoms with Crippen LogP contribution in [-0.2, 0) is 9.59 Å². The number of amides is 2. The molecular formula is C20H16N6O2S. The summed E-state index contributed by atoms with van der Waals surface area (Å²) in [5.74, 6) is -0.301. The number of rotatable bonds is 4. The topological polar surface area (TPSA) is 92.5 Å². The number of aromatic nitrogens is 3. The molecule has 8 nitrogen and oxygen atoms in total. The van der Waals surface area contributed by atoms with Crippen molar-refractivity contribution in [1.82, 2.24) is 14.9 Å². The van der Waals surface area contributed by atoms with Crippen LogP contribution in [0.25, 0.3) is 6.08 Å². The van der Waals surface area contributed by atoms with E-state index in [4.69, 9.17) is 0 Å². The van der Waals surface area contributed by atoms with Crippen LogP contribution in [0.2, 0.25) is 0 Å². The van der Waals surface area contributed by atoms with E-state index in [1.54, 1.807) is 23.1 Å². The van der Waals surface area contributed by atoms with Crippen molar-refractivity contribution < 1.29 is 9.59 Å². The predicted octanol–water partition coefficient (Wildman–Crippen LogP) is 3.18. The highest BCUT2D eigenvalue weighted by molar-refractivity contribution is 8.19. The van der Waals surface area contributed by atoms with Gasteiger partial charge >= 0.3 is 0 Å². The first kappa shape index (κ1) is 18.6. The summed E-state index contributed by atoms with van der Waals surface area (Å²) >= 11 is 1.27. The lowest BCUT2D eigenvalue weighted by molar-refractivity contribution is -0.114. The van der Waals surface area contributed by atoms with Gasteiger partial charge in [-0.1, -0.05) is 30.3 Å². The number of nitrogens with one attached hydrogen (secondary N) is 1. The highest BCUT2D eigenvalue weighted by Gasteiger charge is 2.35. The van der Waals surface area contributed by atoms with Crippen LogP contribution in [0.4, 0.5) is 11.4 Å². The van der Waals surface area contributed by atoms with E-state index in [0.717, 1.165) is 11.3 Å². The van der Waals surface area contributed by atoms with E-state index in [0.29, 0.717) is 15.8 Å². The quantitative estimate of drug-likeness (QED) is 0.674. The average molecular weight is 404 g/mol. The highest BCUT2D eigenvalue weighted by Crippen LogP contribution is 2.36. The van der Waals surface area contributed by atoms with Crippen LogP contribution in [0.1, 0.15) is 12.5 Å². The van der Waals surface area contributed by atoms with Crippen molar-refractivity contribution in [2.75, 3.05) is 10.2 Å². The Morgan fingerprint density at radius 3 is 2.41 bits per heavy atom. The first-order valence-electron chi connectivity index (χ1n) is 8.70. The zero-order valence-electron chi connectivity index (χ0n) is 15.4. The number of anilines is 2. The SMILES string of the molecule is CC(=O)Nc1ccc(/C=C2\S/C(=N\n3cnnc3)N(c3ccccc3)C2=O)cc1. The van der Waals surface area contributed by atoms with Gasteiger partial charge in [0, 0.05) is 12.6 Å². The third kappa shape index (κ3) is 4.25. The summed E-state index contributed by atoms with van der Waals surface area (Å²) < 4.78 is 1.46. The second-order valence-corrected chi connectivity index (χ2v) is 7.12. The lowest BCUT2D eigenvalue weighted by Gasteiger charge is -2.15. The Morgan fingerprint density at radius 1 is 1.07 bits per heavy atom. The summed E-state index contributed by atoms with van der Waals surface area (Å²) in [6, 6.07) is 16.6. The lowest BCUT2D eigenvalue weighted by Crippen LogP contribution is -2.29. The fourth-order valence-electron chi connectivity index (χ4n) is 2.71. The molecule has 1 N–H and O–H groups in total. The molecule has 0 saturated carbocycles. The third-order valence-corrected chi connectivity index (χ3v) is 4.92. The van der Waals surface area contributed by atoms with Crippen molar-refractivity contribution in [2.24, 2.45) is 5.10 Å². The molecule has 9 heteroatoms. The van der Waals surface area contributed by atoms with Gasteiger partial charge < -0.3 is 5.32 Å². The second kappa shape index (κ2) is 8.11. The van der Waals surface area contributed by atoms with Gasteiger partial charge in [-0.15, -0.1) is 15.3 Å². The molecule has 3 aromatic rings. The zero-order valence-corrected chi connectivity index (χ0v) is 16.2. The number of carbonyl (C=O) groups is 2. The lowest BCUT2D eigenvalue weighted by atomic mass is 10.2. The molecule has 1 aliphatic rings. The van der Waals surface area contributed by atoms with Crippen molar-refractivity contribution in [2.45, 2.75) is 6.92 Å². The van der Waals surface area contributed by atoms with E-state index in [9.17, 15) is 9.59 Å². The predicted molar refractivity (Wildman–Crippen MR) is 113 cm³/mol. The molecule has 0 spiro atoms. The molecule has 1 saturated heterocycles. The molecule has 0 atom stereocenters. The second-order valence-electron chi connectivity index (χ2n) is 6.11. The van der Waals surface area contributed by atoms with Crippen LogP contribution < -0.4 is 10.2 Å². The van der Waals surface area contributed by atoms with Crippen molar-refractivity contribution >= 4 is 46.2 Å². The van der Waals surface area contributed by atoms with Gasteiger partial charge in [0.05, 0.1) is 10.6 Å². The van der Waals surface area contributed by atoms with Gasteiger partial charge in [0.25, 0.3) is 5.91 Å². The number of thioether (sulfide) groups is 1. The molecular weight excluding hydrogens is 388 g/mol. The van der Waals surface area contributed by atoms with Gasteiger partial charge in [-0.2, -0.15) is 0 Å². The molecule has 0 radical (unpaired) electrons. The van der Waals surface area contributed by atoms with Crippen molar-refractivity contribution in [3.05, 3.63) is 77.7 Å². The molecule has 2 heterocycles. The largest absolute Gasteiger partial charge is 0.326 e. The summed E-state index contributed by atoms with van der Waals surface area (Å²) in [7, 11) is 0. The minimum Gasteiger partial charge on any atom is -0.326 e. The Hall–Kier alpha value is -3.72. The molecule has 2 aromatic carbocycles. The number of hydrogen-bond donors (Lipinski definition) is 1. The molecule has 1 aliphatic heterocycles.